The number of hydrogen-bond acceptors (Lipinski definition) is 4. The van der Waals surface area contributed by atoms with Crippen molar-refractivity contribution in [2.24, 2.45) is 0 Å². The van der Waals surface area contributed by atoms with Crippen LogP contribution in [0.3, 0.4) is 0 Å². The van der Waals surface area contributed by atoms with Gasteiger partial charge in [0.1, 0.15) is 11.5 Å². The fourth-order valence-corrected chi connectivity index (χ4v) is 3.58. The highest BCUT2D eigenvalue weighted by atomic mass is 16.4. The molecule has 1 aliphatic rings. The van der Waals surface area contributed by atoms with E-state index in [9.17, 15) is 4.79 Å². The number of carbonyl (C=O) groups is 1. The smallest absolute Gasteiger partial charge is 0.304 e. The van der Waals surface area contributed by atoms with Crippen molar-refractivity contribution >= 4 is 11.5 Å². The minimum Gasteiger partial charge on any atom is -0.481 e. The van der Waals surface area contributed by atoms with Crippen molar-refractivity contribution in [2.45, 2.75) is 45.6 Å². The summed E-state index contributed by atoms with van der Waals surface area (Å²) in [6.45, 7) is 5.87. The van der Waals surface area contributed by atoms with Gasteiger partial charge in [-0.1, -0.05) is 6.08 Å². The Kier molecular flexibility index (Phi) is 5.43. The zero-order valence-corrected chi connectivity index (χ0v) is 14.8. The molecule has 134 valence electrons. The van der Waals surface area contributed by atoms with Gasteiger partial charge in [0.2, 0.25) is 0 Å². The Labute approximate surface area is 147 Å². The molecule has 5 nitrogen and oxygen atoms in total. The average molecular weight is 343 g/mol. The first kappa shape index (κ1) is 17.5. The molecule has 3 rings (SSSR count). The summed E-state index contributed by atoms with van der Waals surface area (Å²) >= 11 is 0. The number of aliphatic carboxylic acids is 1. The fourth-order valence-electron chi connectivity index (χ4n) is 3.58. The van der Waals surface area contributed by atoms with Crippen LogP contribution in [0.5, 0.6) is 0 Å². The van der Waals surface area contributed by atoms with E-state index in [2.05, 4.69) is 11.0 Å². The first-order valence-electron chi connectivity index (χ1n) is 8.81. The standard InChI is InChI=1S/C20H25NO4/c1-14-7-11-24-19(14)17(20-15(2)8-12-25-20)6-4-10-21-9-3-5-16(21)13-18(22)23/h6-8,11-12,16H,3-5,9-10,13H2,1-2H3,(H,22,23)/t16-/m0/s1. The molecule has 0 aromatic carbocycles. The molecule has 0 unspecified atom stereocenters. The van der Waals surface area contributed by atoms with Crippen LogP contribution in [0.25, 0.3) is 5.57 Å². The number of carboxylic acid groups (broad SMARTS) is 1. The summed E-state index contributed by atoms with van der Waals surface area (Å²) in [4.78, 5) is 13.3. The maximum Gasteiger partial charge on any atom is 0.304 e. The Balaban J connectivity index is 1.75. The molecule has 25 heavy (non-hydrogen) atoms. The van der Waals surface area contributed by atoms with Crippen LogP contribution in [0.4, 0.5) is 0 Å². The van der Waals surface area contributed by atoms with Gasteiger partial charge in [0.05, 0.1) is 24.5 Å². The van der Waals surface area contributed by atoms with E-state index in [0.717, 1.165) is 60.6 Å². The molecule has 0 bridgehead atoms. The molecule has 5 heteroatoms. The van der Waals surface area contributed by atoms with Gasteiger partial charge in [0, 0.05) is 12.6 Å². The third-order valence-electron chi connectivity index (χ3n) is 4.89. The third kappa shape index (κ3) is 4.04. The van der Waals surface area contributed by atoms with Crippen molar-refractivity contribution in [1.82, 2.24) is 4.90 Å². The maximum absolute atomic E-state index is 11.0. The maximum atomic E-state index is 11.0. The highest BCUT2D eigenvalue weighted by molar-refractivity contribution is 5.77. The molecule has 1 fully saturated rings. The summed E-state index contributed by atoms with van der Waals surface area (Å²) in [6, 6.07) is 4.06. The van der Waals surface area contributed by atoms with Crippen LogP contribution in [-0.2, 0) is 4.79 Å². The van der Waals surface area contributed by atoms with Gasteiger partial charge in [-0.15, -0.1) is 0 Å². The fraction of sp³-hybridized carbons (Fsp3) is 0.450. The lowest BCUT2D eigenvalue weighted by Gasteiger charge is -2.22. The van der Waals surface area contributed by atoms with Crippen LogP contribution in [-0.4, -0.2) is 35.1 Å². The monoisotopic (exact) mass is 343 g/mol. The normalized spacial score (nSPS) is 17.8. The minimum absolute atomic E-state index is 0.157. The predicted molar refractivity (Wildman–Crippen MR) is 95.4 cm³/mol. The molecule has 0 saturated carbocycles. The van der Waals surface area contributed by atoms with Gasteiger partial charge in [0.15, 0.2) is 0 Å². The summed E-state index contributed by atoms with van der Waals surface area (Å²) in [5, 5.41) is 9.05. The Morgan fingerprint density at radius 1 is 1.24 bits per heavy atom. The second-order valence-electron chi connectivity index (χ2n) is 6.70. The number of hydrogen-bond donors (Lipinski definition) is 1. The molecule has 1 saturated heterocycles. The molecule has 1 N–H and O–H groups in total. The minimum atomic E-state index is -0.717. The predicted octanol–water partition coefficient (Wildman–Crippen LogP) is 4.25. The number of likely N-dealkylation sites (tertiary alicyclic amines) is 1. The van der Waals surface area contributed by atoms with Crippen molar-refractivity contribution in [3.63, 3.8) is 0 Å². The van der Waals surface area contributed by atoms with Gasteiger partial charge in [-0.2, -0.15) is 0 Å². The van der Waals surface area contributed by atoms with Gasteiger partial charge < -0.3 is 13.9 Å². The zero-order valence-electron chi connectivity index (χ0n) is 14.8. The first-order chi connectivity index (χ1) is 12.1. The zero-order chi connectivity index (χ0) is 17.8. The van der Waals surface area contributed by atoms with Crippen LogP contribution in [0.15, 0.2) is 39.6 Å². The molecular weight excluding hydrogens is 318 g/mol. The molecular formula is C20H25NO4. The van der Waals surface area contributed by atoms with E-state index in [4.69, 9.17) is 13.9 Å². The van der Waals surface area contributed by atoms with E-state index in [-0.39, 0.29) is 12.5 Å². The largest absolute Gasteiger partial charge is 0.481 e. The molecule has 1 aliphatic heterocycles. The van der Waals surface area contributed by atoms with E-state index in [0.29, 0.717) is 0 Å². The Bertz CT molecular complexity index is 713. The summed E-state index contributed by atoms with van der Waals surface area (Å²) in [5.74, 6) is 0.952. The first-order valence-corrected chi connectivity index (χ1v) is 8.81. The van der Waals surface area contributed by atoms with Gasteiger partial charge in [-0.3, -0.25) is 9.69 Å². The van der Waals surface area contributed by atoms with Crippen LogP contribution in [0, 0.1) is 13.8 Å². The summed E-state index contributed by atoms with van der Waals surface area (Å²) in [7, 11) is 0. The van der Waals surface area contributed by atoms with Crippen LogP contribution >= 0.6 is 0 Å². The van der Waals surface area contributed by atoms with Crippen LogP contribution in [0.1, 0.15) is 48.3 Å². The van der Waals surface area contributed by atoms with Crippen LogP contribution in [0.2, 0.25) is 0 Å². The highest BCUT2D eigenvalue weighted by Gasteiger charge is 2.26. The van der Waals surface area contributed by atoms with Gasteiger partial charge >= 0.3 is 5.97 Å². The van der Waals surface area contributed by atoms with E-state index in [1.165, 1.54) is 0 Å². The number of furan rings is 2. The Morgan fingerprint density at radius 3 is 2.40 bits per heavy atom. The molecule has 0 aliphatic carbocycles. The van der Waals surface area contributed by atoms with E-state index < -0.39 is 5.97 Å². The van der Waals surface area contributed by atoms with Gasteiger partial charge in [-0.05, 0) is 62.9 Å². The molecule has 2 aromatic heterocycles. The topological polar surface area (TPSA) is 66.8 Å². The number of nitrogens with zero attached hydrogens (tertiary/aromatic N) is 1. The van der Waals surface area contributed by atoms with Gasteiger partial charge in [0.25, 0.3) is 0 Å². The molecule has 0 spiro atoms. The SMILES string of the molecule is Cc1ccoc1C(=CCCN1CCC[C@H]1CC(=O)O)c1occc1C. The lowest BCUT2D eigenvalue weighted by atomic mass is 10.0. The lowest BCUT2D eigenvalue weighted by Crippen LogP contribution is -2.32. The summed E-state index contributed by atoms with van der Waals surface area (Å²) in [6.07, 6.45) is 8.63. The van der Waals surface area contributed by atoms with Crippen LogP contribution < -0.4 is 0 Å². The highest BCUT2D eigenvalue weighted by Crippen LogP contribution is 2.30. The molecule has 0 radical (unpaired) electrons. The molecule has 0 amide bonds. The Morgan fingerprint density at radius 2 is 1.88 bits per heavy atom. The van der Waals surface area contributed by atoms with Crippen molar-refractivity contribution < 1.29 is 18.7 Å². The Hall–Kier alpha value is -2.27. The number of carboxylic acids is 1. The second-order valence-corrected chi connectivity index (χ2v) is 6.70. The van der Waals surface area contributed by atoms with E-state index >= 15 is 0 Å². The molecule has 1 atom stereocenters. The van der Waals surface area contributed by atoms with Crippen molar-refractivity contribution in [2.75, 3.05) is 13.1 Å². The number of rotatable bonds is 7. The van der Waals surface area contributed by atoms with E-state index in [1.54, 1.807) is 12.5 Å². The lowest BCUT2D eigenvalue weighted by molar-refractivity contribution is -0.138. The summed E-state index contributed by atoms with van der Waals surface area (Å²) in [5.41, 5.74) is 3.12. The molecule has 2 aromatic rings. The quantitative estimate of drug-likeness (QED) is 0.814. The number of aryl methyl sites for hydroxylation is 2. The van der Waals surface area contributed by atoms with E-state index in [1.807, 2.05) is 26.0 Å². The molecule has 3 heterocycles. The van der Waals surface area contributed by atoms with Crippen molar-refractivity contribution in [1.29, 1.82) is 0 Å². The van der Waals surface area contributed by atoms with Gasteiger partial charge in [-0.25, -0.2) is 0 Å². The second kappa shape index (κ2) is 7.74. The van der Waals surface area contributed by atoms with Crippen molar-refractivity contribution in [3.05, 3.63) is 53.4 Å². The average Bonchev–Trinajstić information content (AvgIpc) is 3.27. The third-order valence-corrected chi connectivity index (χ3v) is 4.89. The van der Waals surface area contributed by atoms with Crippen molar-refractivity contribution in [3.8, 4) is 0 Å². The summed E-state index contributed by atoms with van der Waals surface area (Å²) < 4.78 is 11.4.